The van der Waals surface area contributed by atoms with Crippen molar-refractivity contribution in [3.63, 3.8) is 0 Å². The summed E-state index contributed by atoms with van der Waals surface area (Å²) in [5.74, 6) is 0. The van der Waals surface area contributed by atoms with Crippen molar-refractivity contribution in [1.29, 1.82) is 5.26 Å². The molecule has 0 amide bonds. The summed E-state index contributed by atoms with van der Waals surface area (Å²) in [5, 5.41) is 12.7. The summed E-state index contributed by atoms with van der Waals surface area (Å²) in [4.78, 5) is 4.08. The van der Waals surface area contributed by atoms with Gasteiger partial charge in [0.05, 0.1) is 16.4 Å². The number of hydrogen-bond donors (Lipinski definition) is 1. The van der Waals surface area contributed by atoms with Crippen LogP contribution in [0, 0.1) is 11.3 Å². The molecule has 1 saturated heterocycles. The standard InChI is InChI=1S/C11H13N3OS/c12-8-9-2-1-5-14-11(9)16(15)10-3-6-13-7-4-10/h1-2,5,10,13H,3-4,6-7H2/t16-/m0/s1. The van der Waals surface area contributed by atoms with Gasteiger partial charge in [-0.3, -0.25) is 4.21 Å². The highest BCUT2D eigenvalue weighted by Gasteiger charge is 2.23. The van der Waals surface area contributed by atoms with E-state index in [1.165, 1.54) is 0 Å². The first-order valence-corrected chi connectivity index (χ1v) is 6.50. The highest BCUT2D eigenvalue weighted by atomic mass is 32.2. The van der Waals surface area contributed by atoms with Crippen LogP contribution in [-0.4, -0.2) is 27.5 Å². The summed E-state index contributed by atoms with van der Waals surface area (Å²) in [5.41, 5.74) is 0.430. The fourth-order valence-electron chi connectivity index (χ4n) is 1.80. The topological polar surface area (TPSA) is 65.8 Å². The Morgan fingerprint density at radius 3 is 2.94 bits per heavy atom. The molecule has 0 unspecified atom stereocenters. The second kappa shape index (κ2) is 5.19. The van der Waals surface area contributed by atoms with Gasteiger partial charge in [0.1, 0.15) is 11.1 Å². The molecule has 0 saturated carbocycles. The lowest BCUT2D eigenvalue weighted by Crippen LogP contribution is -2.33. The number of pyridine rings is 1. The van der Waals surface area contributed by atoms with Crippen molar-refractivity contribution >= 4 is 10.8 Å². The molecule has 84 valence electrons. The first-order valence-electron chi connectivity index (χ1n) is 5.29. The summed E-state index contributed by atoms with van der Waals surface area (Å²) < 4.78 is 12.2. The second-order valence-corrected chi connectivity index (χ2v) is 5.36. The molecule has 1 atom stereocenters. The van der Waals surface area contributed by atoms with Gasteiger partial charge in [0.2, 0.25) is 0 Å². The quantitative estimate of drug-likeness (QED) is 0.824. The maximum absolute atomic E-state index is 12.2. The van der Waals surface area contributed by atoms with Crippen molar-refractivity contribution in [2.75, 3.05) is 13.1 Å². The lowest BCUT2D eigenvalue weighted by molar-refractivity contribution is 0.518. The number of nitriles is 1. The Morgan fingerprint density at radius 2 is 2.25 bits per heavy atom. The first kappa shape index (κ1) is 11.2. The summed E-state index contributed by atoms with van der Waals surface area (Å²) >= 11 is 0. The van der Waals surface area contributed by atoms with Crippen LogP contribution in [0.5, 0.6) is 0 Å². The molecule has 2 rings (SSSR count). The van der Waals surface area contributed by atoms with Crippen molar-refractivity contribution in [3.8, 4) is 6.07 Å². The van der Waals surface area contributed by atoms with E-state index in [1.54, 1.807) is 18.3 Å². The monoisotopic (exact) mass is 235 g/mol. The summed E-state index contributed by atoms with van der Waals surface area (Å²) in [6.45, 7) is 1.79. The molecule has 0 radical (unpaired) electrons. The molecule has 1 aliphatic heterocycles. The average molecular weight is 235 g/mol. The predicted octanol–water partition coefficient (Wildman–Crippen LogP) is 0.813. The third-order valence-electron chi connectivity index (χ3n) is 2.67. The summed E-state index contributed by atoms with van der Waals surface area (Å²) in [6, 6.07) is 5.41. The van der Waals surface area contributed by atoms with Gasteiger partial charge in [-0.1, -0.05) is 0 Å². The molecule has 16 heavy (non-hydrogen) atoms. The molecule has 1 N–H and O–H groups in total. The minimum Gasteiger partial charge on any atom is -0.317 e. The normalized spacial score (nSPS) is 18.9. The van der Waals surface area contributed by atoms with Crippen LogP contribution >= 0.6 is 0 Å². The lowest BCUT2D eigenvalue weighted by atomic mass is 10.2. The number of rotatable bonds is 2. The number of aromatic nitrogens is 1. The Kier molecular flexibility index (Phi) is 3.65. The molecule has 1 aromatic rings. The van der Waals surface area contributed by atoms with Gasteiger partial charge >= 0.3 is 0 Å². The third kappa shape index (κ3) is 2.29. The molecule has 0 spiro atoms. The van der Waals surface area contributed by atoms with Crippen LogP contribution in [0.25, 0.3) is 0 Å². The van der Waals surface area contributed by atoms with E-state index >= 15 is 0 Å². The van der Waals surface area contributed by atoms with E-state index in [-0.39, 0.29) is 5.25 Å². The third-order valence-corrected chi connectivity index (χ3v) is 4.45. The van der Waals surface area contributed by atoms with E-state index in [4.69, 9.17) is 5.26 Å². The molecular weight excluding hydrogens is 222 g/mol. The predicted molar refractivity (Wildman–Crippen MR) is 61.3 cm³/mol. The van der Waals surface area contributed by atoms with Gasteiger partial charge in [-0.25, -0.2) is 4.98 Å². The number of nitrogens with zero attached hydrogens (tertiary/aromatic N) is 2. The van der Waals surface area contributed by atoms with Crippen molar-refractivity contribution in [2.45, 2.75) is 23.1 Å². The van der Waals surface area contributed by atoms with Crippen LogP contribution in [0.15, 0.2) is 23.4 Å². The Morgan fingerprint density at radius 1 is 1.50 bits per heavy atom. The minimum atomic E-state index is -1.15. The van der Waals surface area contributed by atoms with Crippen LogP contribution in [-0.2, 0) is 10.8 Å². The summed E-state index contributed by atoms with van der Waals surface area (Å²) in [7, 11) is -1.15. The summed E-state index contributed by atoms with van der Waals surface area (Å²) in [6.07, 6.45) is 3.36. The molecule has 1 fully saturated rings. The van der Waals surface area contributed by atoms with E-state index in [0.717, 1.165) is 25.9 Å². The highest BCUT2D eigenvalue weighted by molar-refractivity contribution is 7.85. The Labute approximate surface area is 97.2 Å². The molecule has 0 bridgehead atoms. The van der Waals surface area contributed by atoms with E-state index < -0.39 is 10.8 Å². The molecule has 0 aromatic carbocycles. The van der Waals surface area contributed by atoms with Gasteiger partial charge in [-0.05, 0) is 38.1 Å². The van der Waals surface area contributed by atoms with Crippen molar-refractivity contribution in [1.82, 2.24) is 10.3 Å². The lowest BCUT2D eigenvalue weighted by Gasteiger charge is -2.21. The first-order chi connectivity index (χ1) is 7.83. The number of hydrogen-bond acceptors (Lipinski definition) is 4. The fourth-order valence-corrected chi connectivity index (χ4v) is 3.28. The van der Waals surface area contributed by atoms with E-state index in [9.17, 15) is 4.21 Å². The van der Waals surface area contributed by atoms with E-state index in [1.807, 2.05) is 6.07 Å². The Bertz CT molecular complexity index is 435. The number of nitrogens with one attached hydrogen (secondary N) is 1. The maximum atomic E-state index is 12.2. The van der Waals surface area contributed by atoms with Crippen LogP contribution in [0.4, 0.5) is 0 Å². The largest absolute Gasteiger partial charge is 0.317 e. The zero-order valence-corrected chi connectivity index (χ0v) is 9.67. The van der Waals surface area contributed by atoms with Gasteiger partial charge in [0.15, 0.2) is 0 Å². The molecule has 5 heteroatoms. The molecule has 0 aliphatic carbocycles. The van der Waals surface area contributed by atoms with Gasteiger partial charge in [-0.2, -0.15) is 5.26 Å². The van der Waals surface area contributed by atoms with Gasteiger partial charge < -0.3 is 5.32 Å². The van der Waals surface area contributed by atoms with Crippen molar-refractivity contribution in [2.24, 2.45) is 0 Å². The molecule has 1 aliphatic rings. The fraction of sp³-hybridized carbons (Fsp3) is 0.455. The second-order valence-electron chi connectivity index (χ2n) is 3.71. The highest BCUT2D eigenvalue weighted by Crippen LogP contribution is 2.18. The Balaban J connectivity index is 2.23. The van der Waals surface area contributed by atoms with E-state index in [0.29, 0.717) is 10.6 Å². The minimum absolute atomic E-state index is 0.128. The van der Waals surface area contributed by atoms with Crippen molar-refractivity contribution in [3.05, 3.63) is 23.9 Å². The molecular formula is C11H13N3OS. The Hall–Kier alpha value is -1.25. The van der Waals surface area contributed by atoms with Crippen LogP contribution in [0.1, 0.15) is 18.4 Å². The van der Waals surface area contributed by atoms with E-state index in [2.05, 4.69) is 10.3 Å². The SMILES string of the molecule is N#Cc1cccnc1[S@@](=O)C1CCNCC1. The van der Waals surface area contributed by atoms with Crippen LogP contribution in [0.2, 0.25) is 0 Å². The zero-order valence-electron chi connectivity index (χ0n) is 8.85. The number of piperidine rings is 1. The van der Waals surface area contributed by atoms with Crippen molar-refractivity contribution < 1.29 is 4.21 Å². The smallest absolute Gasteiger partial charge is 0.145 e. The van der Waals surface area contributed by atoms with Crippen LogP contribution < -0.4 is 5.32 Å². The van der Waals surface area contributed by atoms with Gasteiger partial charge in [0.25, 0.3) is 0 Å². The molecule has 2 heterocycles. The maximum Gasteiger partial charge on any atom is 0.145 e. The van der Waals surface area contributed by atoms with Gasteiger partial charge in [-0.15, -0.1) is 0 Å². The zero-order chi connectivity index (χ0) is 11.4. The average Bonchev–Trinajstić information content (AvgIpc) is 2.39. The van der Waals surface area contributed by atoms with Crippen LogP contribution in [0.3, 0.4) is 0 Å². The van der Waals surface area contributed by atoms with Gasteiger partial charge in [0, 0.05) is 11.4 Å². The molecule has 4 nitrogen and oxygen atoms in total. The molecule has 1 aromatic heterocycles.